The van der Waals surface area contributed by atoms with Gasteiger partial charge in [-0.1, -0.05) is 60.2 Å². The molecule has 1 spiro atoms. The third-order valence-electron chi connectivity index (χ3n) is 7.11. The number of fused-ring (bicyclic) bond motifs is 2. The van der Waals surface area contributed by atoms with Crippen LogP contribution in [0.5, 0.6) is 0 Å². The molecule has 0 unspecified atom stereocenters. The first kappa shape index (κ1) is 21.6. The Bertz CT molecular complexity index is 1160. The lowest BCUT2D eigenvalue weighted by Crippen LogP contribution is -2.46. The average molecular weight is 441 g/mol. The van der Waals surface area contributed by atoms with E-state index in [2.05, 4.69) is 29.2 Å². The second-order valence-corrected chi connectivity index (χ2v) is 9.31. The molecule has 1 fully saturated rings. The molecular weight excluding hydrogens is 411 g/mol. The minimum atomic E-state index is -0.231. The highest BCUT2D eigenvalue weighted by atomic mass is 19.1. The lowest BCUT2D eigenvalue weighted by atomic mass is 9.74. The number of hydrogen-bond acceptors (Lipinski definition) is 2. The van der Waals surface area contributed by atoms with Crippen LogP contribution >= 0.6 is 0 Å². The van der Waals surface area contributed by atoms with Gasteiger partial charge in [0.2, 0.25) is 0 Å². The summed E-state index contributed by atoms with van der Waals surface area (Å²) in [4.78, 5) is 17.7. The molecular formula is C29H29FN2O. The van der Waals surface area contributed by atoms with Crippen molar-refractivity contribution in [3.63, 3.8) is 0 Å². The molecule has 4 heteroatoms. The number of piperidine rings is 1. The number of benzene rings is 3. The number of likely N-dealkylation sites (tertiary alicyclic amines) is 1. The van der Waals surface area contributed by atoms with E-state index in [1.54, 1.807) is 12.1 Å². The smallest absolute Gasteiger partial charge is 0.258 e. The predicted molar refractivity (Wildman–Crippen MR) is 132 cm³/mol. The fourth-order valence-corrected chi connectivity index (χ4v) is 5.17. The molecule has 1 amide bonds. The number of anilines is 1. The number of hydrogen-bond donors (Lipinski definition) is 0. The molecule has 33 heavy (non-hydrogen) atoms. The number of carbonyl (C=O) groups is 1. The van der Waals surface area contributed by atoms with Gasteiger partial charge in [-0.05, 0) is 74.3 Å². The highest BCUT2D eigenvalue weighted by Crippen LogP contribution is 2.47. The Balaban J connectivity index is 1.32. The summed E-state index contributed by atoms with van der Waals surface area (Å²) in [6.07, 6.45) is 6.20. The molecule has 2 heterocycles. The summed E-state index contributed by atoms with van der Waals surface area (Å²) in [7, 11) is 0. The SMILES string of the molecule is Cc1ccc(C(=O)N2CC3(CCN(CC=Cc4ccccc4)CC3)c3cc(F)ccc32)cc1. The zero-order valence-electron chi connectivity index (χ0n) is 19.0. The molecule has 3 aromatic carbocycles. The van der Waals surface area contributed by atoms with Crippen molar-refractivity contribution in [2.45, 2.75) is 25.2 Å². The summed E-state index contributed by atoms with van der Waals surface area (Å²) < 4.78 is 14.3. The Morgan fingerprint density at radius 2 is 1.73 bits per heavy atom. The topological polar surface area (TPSA) is 23.6 Å². The average Bonchev–Trinajstić information content (AvgIpc) is 3.14. The normalized spacial score (nSPS) is 17.6. The number of halogens is 1. The fourth-order valence-electron chi connectivity index (χ4n) is 5.17. The van der Waals surface area contributed by atoms with E-state index in [4.69, 9.17) is 0 Å². The molecule has 168 valence electrons. The van der Waals surface area contributed by atoms with E-state index in [1.807, 2.05) is 54.3 Å². The number of carbonyl (C=O) groups excluding carboxylic acids is 1. The first-order valence-corrected chi connectivity index (χ1v) is 11.7. The zero-order valence-corrected chi connectivity index (χ0v) is 19.0. The van der Waals surface area contributed by atoms with Gasteiger partial charge in [0.25, 0.3) is 5.91 Å². The van der Waals surface area contributed by atoms with Crippen molar-refractivity contribution < 1.29 is 9.18 Å². The van der Waals surface area contributed by atoms with Crippen molar-refractivity contribution >= 4 is 17.7 Å². The summed E-state index contributed by atoms with van der Waals surface area (Å²) in [5, 5.41) is 0. The van der Waals surface area contributed by atoms with E-state index in [-0.39, 0.29) is 17.1 Å². The molecule has 2 aliphatic heterocycles. The van der Waals surface area contributed by atoms with Crippen molar-refractivity contribution in [1.29, 1.82) is 0 Å². The summed E-state index contributed by atoms with van der Waals surface area (Å²) in [5.74, 6) is -0.237. The Morgan fingerprint density at radius 1 is 1.00 bits per heavy atom. The Hall–Kier alpha value is -3.24. The molecule has 2 aliphatic rings. The predicted octanol–water partition coefficient (Wildman–Crippen LogP) is 5.84. The van der Waals surface area contributed by atoms with Crippen LogP contribution in [-0.2, 0) is 5.41 Å². The first-order valence-electron chi connectivity index (χ1n) is 11.7. The maximum absolute atomic E-state index is 14.3. The van der Waals surface area contributed by atoms with Crippen LogP contribution in [0.15, 0.2) is 78.9 Å². The number of amides is 1. The summed E-state index contributed by atoms with van der Waals surface area (Å²) in [6, 6.07) is 22.9. The molecule has 0 bridgehead atoms. The van der Waals surface area contributed by atoms with E-state index in [0.29, 0.717) is 12.1 Å². The van der Waals surface area contributed by atoms with Gasteiger partial charge in [0, 0.05) is 29.8 Å². The van der Waals surface area contributed by atoms with Crippen LogP contribution in [0.4, 0.5) is 10.1 Å². The standard InChI is InChI=1S/C29H29FN2O/c1-22-9-11-24(12-10-22)28(33)32-21-29(26-20-25(30)13-14-27(26)32)15-18-31(19-16-29)17-5-8-23-6-3-2-4-7-23/h2-14,20H,15-19,21H2,1H3. The van der Waals surface area contributed by atoms with Gasteiger partial charge >= 0.3 is 0 Å². The highest BCUT2D eigenvalue weighted by Gasteiger charge is 2.46. The van der Waals surface area contributed by atoms with Gasteiger partial charge in [0.1, 0.15) is 5.82 Å². The minimum Gasteiger partial charge on any atom is -0.307 e. The quantitative estimate of drug-likeness (QED) is 0.509. The molecule has 5 rings (SSSR count). The molecule has 0 aliphatic carbocycles. The van der Waals surface area contributed by atoms with Crippen LogP contribution < -0.4 is 4.90 Å². The Morgan fingerprint density at radius 3 is 2.45 bits per heavy atom. The van der Waals surface area contributed by atoms with Gasteiger partial charge in [0.05, 0.1) is 0 Å². The lowest BCUT2D eigenvalue weighted by Gasteiger charge is -2.39. The molecule has 0 N–H and O–H groups in total. The van der Waals surface area contributed by atoms with Crippen LogP contribution in [0.3, 0.4) is 0 Å². The van der Waals surface area contributed by atoms with Crippen molar-refractivity contribution in [2.24, 2.45) is 0 Å². The minimum absolute atomic E-state index is 0.00652. The third kappa shape index (κ3) is 4.36. The third-order valence-corrected chi connectivity index (χ3v) is 7.11. The van der Waals surface area contributed by atoms with E-state index >= 15 is 0 Å². The first-order chi connectivity index (χ1) is 16.0. The van der Waals surface area contributed by atoms with Crippen molar-refractivity contribution in [2.75, 3.05) is 31.1 Å². The van der Waals surface area contributed by atoms with Gasteiger partial charge in [-0.3, -0.25) is 9.69 Å². The van der Waals surface area contributed by atoms with Crippen LogP contribution in [0.25, 0.3) is 6.08 Å². The molecule has 3 nitrogen and oxygen atoms in total. The molecule has 0 saturated carbocycles. The van der Waals surface area contributed by atoms with E-state index < -0.39 is 0 Å². The molecule has 3 aromatic rings. The molecule has 0 radical (unpaired) electrons. The zero-order chi connectivity index (χ0) is 22.8. The largest absolute Gasteiger partial charge is 0.307 e. The molecule has 0 aromatic heterocycles. The van der Waals surface area contributed by atoms with Crippen molar-refractivity contribution in [3.05, 3.63) is 107 Å². The fraction of sp³-hybridized carbons (Fsp3) is 0.276. The summed E-state index contributed by atoms with van der Waals surface area (Å²) in [5.41, 5.74) is 4.67. The van der Waals surface area contributed by atoms with Crippen LogP contribution in [-0.4, -0.2) is 37.0 Å². The summed E-state index contributed by atoms with van der Waals surface area (Å²) >= 11 is 0. The number of nitrogens with zero attached hydrogens (tertiary/aromatic N) is 2. The van der Waals surface area contributed by atoms with Gasteiger partial charge in [-0.15, -0.1) is 0 Å². The van der Waals surface area contributed by atoms with Gasteiger partial charge < -0.3 is 4.90 Å². The molecule has 1 saturated heterocycles. The Kier molecular flexibility index (Phi) is 5.86. The van der Waals surface area contributed by atoms with Gasteiger partial charge in [-0.25, -0.2) is 4.39 Å². The van der Waals surface area contributed by atoms with E-state index in [1.165, 1.54) is 11.6 Å². The van der Waals surface area contributed by atoms with Crippen molar-refractivity contribution in [1.82, 2.24) is 4.90 Å². The van der Waals surface area contributed by atoms with Crippen LogP contribution in [0, 0.1) is 12.7 Å². The van der Waals surface area contributed by atoms with E-state index in [0.717, 1.165) is 49.3 Å². The number of aryl methyl sites for hydroxylation is 1. The summed E-state index contributed by atoms with van der Waals surface area (Å²) in [6.45, 7) is 5.39. The van der Waals surface area contributed by atoms with Crippen molar-refractivity contribution in [3.8, 4) is 0 Å². The van der Waals surface area contributed by atoms with Crippen LogP contribution in [0.1, 0.15) is 39.9 Å². The maximum Gasteiger partial charge on any atom is 0.258 e. The Labute approximate surface area is 195 Å². The monoisotopic (exact) mass is 440 g/mol. The van der Waals surface area contributed by atoms with Gasteiger partial charge in [0.15, 0.2) is 0 Å². The highest BCUT2D eigenvalue weighted by molar-refractivity contribution is 6.07. The lowest BCUT2D eigenvalue weighted by molar-refractivity contribution is 0.0977. The second kappa shape index (κ2) is 8.95. The molecule has 0 atom stereocenters. The second-order valence-electron chi connectivity index (χ2n) is 9.31. The van der Waals surface area contributed by atoms with Crippen LogP contribution in [0.2, 0.25) is 0 Å². The van der Waals surface area contributed by atoms with E-state index in [9.17, 15) is 9.18 Å². The number of rotatable bonds is 4. The maximum atomic E-state index is 14.3. The van der Waals surface area contributed by atoms with Gasteiger partial charge in [-0.2, -0.15) is 0 Å².